The molecule has 2 aliphatic heterocycles. The Kier molecular flexibility index (Phi) is 4.83. The van der Waals surface area contributed by atoms with Gasteiger partial charge in [0.1, 0.15) is 17.5 Å². The highest BCUT2D eigenvalue weighted by atomic mass is 16.6. The minimum absolute atomic E-state index is 0.0182. The van der Waals surface area contributed by atoms with E-state index in [2.05, 4.69) is 13.8 Å². The Hall–Kier alpha value is -1.20. The maximum absolute atomic E-state index is 13.4. The molecule has 4 aliphatic carbocycles. The minimum atomic E-state index is -0.313. The van der Waals surface area contributed by atoms with Crippen molar-refractivity contribution < 1.29 is 24.2 Å². The number of hydrogen-bond acceptors (Lipinski definition) is 5. The molecule has 6 aliphatic rings. The molecular formula is C28H40O5. The van der Waals surface area contributed by atoms with Gasteiger partial charge in [-0.25, -0.2) is 4.79 Å². The second kappa shape index (κ2) is 7.16. The lowest BCUT2D eigenvalue weighted by atomic mass is 9.44. The summed E-state index contributed by atoms with van der Waals surface area (Å²) in [5.41, 5.74) is 1.46. The van der Waals surface area contributed by atoms with Gasteiger partial charge in [-0.2, -0.15) is 0 Å². The molecule has 5 fully saturated rings. The molecule has 0 unspecified atom stereocenters. The molecule has 6 rings (SSSR count). The summed E-state index contributed by atoms with van der Waals surface area (Å²) in [6, 6.07) is 0. The second-order valence-electron chi connectivity index (χ2n) is 12.7. The summed E-state index contributed by atoms with van der Waals surface area (Å²) in [6.45, 7) is 8.61. The van der Waals surface area contributed by atoms with Crippen molar-refractivity contribution in [1.29, 1.82) is 0 Å². The summed E-state index contributed by atoms with van der Waals surface area (Å²) in [5.74, 6) is 2.07. The highest BCUT2D eigenvalue weighted by Crippen LogP contribution is 2.73. The van der Waals surface area contributed by atoms with Gasteiger partial charge in [0.15, 0.2) is 0 Å². The molecule has 0 aromatic carbocycles. The fourth-order valence-electron chi connectivity index (χ4n) is 9.89. The van der Waals surface area contributed by atoms with Crippen LogP contribution in [0.2, 0.25) is 0 Å². The average molecular weight is 457 g/mol. The summed E-state index contributed by atoms with van der Waals surface area (Å²) in [6.07, 6.45) is 9.02. The number of hydrogen-bond donors (Lipinski definition) is 1. The van der Waals surface area contributed by atoms with Gasteiger partial charge < -0.3 is 14.6 Å². The first-order valence-corrected chi connectivity index (χ1v) is 13.4. The predicted molar refractivity (Wildman–Crippen MR) is 123 cm³/mol. The van der Waals surface area contributed by atoms with E-state index in [1.165, 1.54) is 0 Å². The number of fused-ring (bicyclic) bond motifs is 4. The number of ether oxygens (including phenoxy) is 2. The largest absolute Gasteiger partial charge is 0.458 e. The van der Waals surface area contributed by atoms with E-state index in [-0.39, 0.29) is 47.1 Å². The molecule has 1 spiro atoms. The Labute approximate surface area is 197 Å². The van der Waals surface area contributed by atoms with E-state index in [4.69, 9.17) is 9.47 Å². The minimum Gasteiger partial charge on any atom is -0.458 e. The van der Waals surface area contributed by atoms with Gasteiger partial charge >= 0.3 is 5.97 Å². The van der Waals surface area contributed by atoms with Gasteiger partial charge in [0.2, 0.25) is 0 Å². The second-order valence-corrected chi connectivity index (χ2v) is 12.7. The third-order valence-electron chi connectivity index (χ3n) is 11.9. The number of ketones is 1. The van der Waals surface area contributed by atoms with E-state index < -0.39 is 0 Å². The molecule has 1 saturated heterocycles. The molecule has 5 heteroatoms. The molecular weight excluding hydrogens is 416 g/mol. The van der Waals surface area contributed by atoms with Crippen LogP contribution in [0, 0.1) is 40.4 Å². The van der Waals surface area contributed by atoms with E-state index in [0.29, 0.717) is 35.9 Å². The highest BCUT2D eigenvalue weighted by molar-refractivity contribution is 5.89. The van der Waals surface area contributed by atoms with Crippen molar-refractivity contribution in [3.05, 3.63) is 11.1 Å². The van der Waals surface area contributed by atoms with Gasteiger partial charge in [0, 0.05) is 30.9 Å². The van der Waals surface area contributed by atoms with Crippen molar-refractivity contribution in [3.63, 3.8) is 0 Å². The van der Waals surface area contributed by atoms with Crippen LogP contribution in [-0.4, -0.2) is 41.3 Å². The molecule has 0 aromatic heterocycles. The van der Waals surface area contributed by atoms with Gasteiger partial charge in [-0.15, -0.1) is 0 Å². The lowest BCUT2D eigenvalue weighted by molar-refractivity contribution is -0.157. The van der Waals surface area contributed by atoms with Crippen LogP contribution >= 0.6 is 0 Å². The zero-order chi connectivity index (χ0) is 23.3. The van der Waals surface area contributed by atoms with Gasteiger partial charge in [-0.05, 0) is 94.8 Å². The van der Waals surface area contributed by atoms with Gasteiger partial charge in [-0.1, -0.05) is 12.5 Å². The fourth-order valence-corrected chi connectivity index (χ4v) is 9.89. The summed E-state index contributed by atoms with van der Waals surface area (Å²) < 4.78 is 12.3. The summed E-state index contributed by atoms with van der Waals surface area (Å²) in [5, 5.41) is 10.5. The van der Waals surface area contributed by atoms with Crippen molar-refractivity contribution in [2.45, 2.75) is 103 Å². The molecule has 4 saturated carbocycles. The Morgan fingerprint density at radius 3 is 2.61 bits per heavy atom. The molecule has 0 aromatic rings. The van der Waals surface area contributed by atoms with Crippen LogP contribution in [0.5, 0.6) is 0 Å². The van der Waals surface area contributed by atoms with E-state index in [0.717, 1.165) is 62.5 Å². The molecule has 33 heavy (non-hydrogen) atoms. The molecule has 10 atom stereocenters. The number of Topliss-reactive ketones (excluding diaryl/α,β-unsaturated/α-hetero) is 1. The van der Waals surface area contributed by atoms with Crippen LogP contribution in [0.15, 0.2) is 11.1 Å². The third-order valence-corrected chi connectivity index (χ3v) is 11.9. The Morgan fingerprint density at radius 2 is 1.88 bits per heavy atom. The Morgan fingerprint density at radius 1 is 1.09 bits per heavy atom. The lowest BCUT2D eigenvalue weighted by Gasteiger charge is -2.58. The van der Waals surface area contributed by atoms with E-state index in [9.17, 15) is 14.7 Å². The summed E-state index contributed by atoms with van der Waals surface area (Å²) in [7, 11) is 0. The molecule has 2 heterocycles. The number of rotatable bonds is 3. The Balaban J connectivity index is 1.29. The van der Waals surface area contributed by atoms with Crippen LogP contribution in [-0.2, 0) is 19.1 Å². The number of aliphatic hydroxyl groups is 1. The van der Waals surface area contributed by atoms with Crippen molar-refractivity contribution >= 4 is 11.8 Å². The van der Waals surface area contributed by atoms with Gasteiger partial charge in [0.05, 0.1) is 11.5 Å². The van der Waals surface area contributed by atoms with Crippen molar-refractivity contribution in [2.75, 3.05) is 6.61 Å². The van der Waals surface area contributed by atoms with Crippen LogP contribution < -0.4 is 0 Å². The fraction of sp³-hybridized carbons (Fsp3) is 0.857. The normalized spacial score (nSPS) is 51.8. The predicted octanol–water partition coefficient (Wildman–Crippen LogP) is 4.61. The summed E-state index contributed by atoms with van der Waals surface area (Å²) >= 11 is 0. The first-order chi connectivity index (χ1) is 15.7. The number of esters is 1. The smallest absolute Gasteiger partial charge is 0.333 e. The third kappa shape index (κ3) is 2.73. The topological polar surface area (TPSA) is 76.1 Å². The van der Waals surface area contributed by atoms with E-state index in [1.807, 2.05) is 13.8 Å². The molecule has 0 bridgehead atoms. The lowest BCUT2D eigenvalue weighted by Crippen LogP contribution is -2.61. The average Bonchev–Trinajstić information content (AvgIpc) is 3.38. The standard InChI is InChI=1S/C28H40O5/c1-15-12-22(32-25(31)16(15)2)18(14-29)20-8-7-19-17-13-24-28(33-24)10-5-6-23(30)27(28,4)21(17)9-11-26(19,20)3/h17-22,24,29H,5-14H2,1-4H3/t17-,18-,19-,20+,21+,22+,24+,26-,27-,28+/m0/s1. The SMILES string of the molecule is CC1=C(C)C(=O)O[C@@H]([C@@H](CO)[C@H]2CC[C@H]3[C@@H]4C[C@H]5O[C@]56CCCC(=O)[C@]6(C)[C@@H]4CC[C@]23C)C1. The van der Waals surface area contributed by atoms with Crippen LogP contribution in [0.25, 0.3) is 0 Å². The number of epoxide rings is 1. The molecule has 0 amide bonds. The molecule has 5 nitrogen and oxygen atoms in total. The first-order valence-electron chi connectivity index (χ1n) is 13.4. The summed E-state index contributed by atoms with van der Waals surface area (Å²) in [4.78, 5) is 25.8. The number of cyclic esters (lactones) is 1. The number of carbonyl (C=O) groups is 2. The number of aliphatic hydroxyl groups excluding tert-OH is 1. The van der Waals surface area contributed by atoms with Crippen LogP contribution in [0.1, 0.15) is 85.5 Å². The number of carbonyl (C=O) groups excluding carboxylic acids is 2. The van der Waals surface area contributed by atoms with Crippen molar-refractivity contribution in [1.82, 2.24) is 0 Å². The van der Waals surface area contributed by atoms with Crippen LogP contribution in [0.3, 0.4) is 0 Å². The Bertz CT molecular complexity index is 923. The molecule has 1 N–H and O–H groups in total. The van der Waals surface area contributed by atoms with E-state index in [1.54, 1.807) is 0 Å². The highest BCUT2D eigenvalue weighted by Gasteiger charge is 2.77. The first kappa shape index (κ1) is 22.3. The maximum Gasteiger partial charge on any atom is 0.333 e. The van der Waals surface area contributed by atoms with E-state index >= 15 is 0 Å². The zero-order valence-corrected chi connectivity index (χ0v) is 20.7. The van der Waals surface area contributed by atoms with Crippen LogP contribution in [0.4, 0.5) is 0 Å². The monoisotopic (exact) mass is 456 g/mol. The van der Waals surface area contributed by atoms with Crippen molar-refractivity contribution in [2.24, 2.45) is 40.4 Å². The quantitative estimate of drug-likeness (QED) is 0.496. The van der Waals surface area contributed by atoms with Gasteiger partial charge in [0.25, 0.3) is 0 Å². The maximum atomic E-state index is 13.4. The van der Waals surface area contributed by atoms with Crippen molar-refractivity contribution in [3.8, 4) is 0 Å². The molecule has 182 valence electrons. The zero-order valence-electron chi connectivity index (χ0n) is 20.7. The van der Waals surface area contributed by atoms with Gasteiger partial charge in [-0.3, -0.25) is 4.79 Å². The molecule has 0 radical (unpaired) electrons.